The fraction of sp³-hybridized carbons (Fsp3) is 0.500. The number of nitrogens with one attached hydrogen (secondary N) is 1. The molecule has 1 saturated heterocycles. The third kappa shape index (κ3) is 2.30. The molecule has 1 aromatic rings. The highest BCUT2D eigenvalue weighted by atomic mass is 19.1. The highest BCUT2D eigenvalue weighted by Gasteiger charge is 2.33. The number of carbonyl (C=O) groups is 1. The average molecular weight is 264 g/mol. The molecule has 0 spiro atoms. The summed E-state index contributed by atoms with van der Waals surface area (Å²) in [5.41, 5.74) is 0.677. The molecule has 0 aliphatic carbocycles. The third-order valence-electron chi connectivity index (χ3n) is 3.66. The second-order valence-corrected chi connectivity index (χ2v) is 5.18. The maximum Gasteiger partial charge on any atom is 0.231 e. The molecule has 1 aromatic carbocycles. The summed E-state index contributed by atoms with van der Waals surface area (Å²) < 4.78 is 18.9. The van der Waals surface area contributed by atoms with E-state index in [0.717, 1.165) is 19.5 Å². The Labute approximate surface area is 111 Å². The van der Waals surface area contributed by atoms with Gasteiger partial charge in [-0.25, -0.2) is 4.39 Å². The molecule has 1 N–H and O–H groups in total. The van der Waals surface area contributed by atoms with E-state index < -0.39 is 0 Å². The van der Waals surface area contributed by atoms with Crippen molar-refractivity contribution in [2.24, 2.45) is 5.92 Å². The molecule has 0 bridgehead atoms. The molecule has 3 rings (SSSR count). The topological polar surface area (TPSA) is 41.6 Å². The molecule has 0 aromatic heterocycles. The first-order valence-corrected chi connectivity index (χ1v) is 6.63. The Balaban J connectivity index is 1.92. The van der Waals surface area contributed by atoms with E-state index in [1.54, 1.807) is 11.0 Å². The Morgan fingerprint density at radius 1 is 1.53 bits per heavy atom. The number of amides is 1. The van der Waals surface area contributed by atoms with Crippen LogP contribution in [0.5, 0.6) is 5.75 Å². The summed E-state index contributed by atoms with van der Waals surface area (Å²) >= 11 is 0. The Bertz CT molecular complexity index is 500. The standard InChI is InChI=1S/C14H17FN2O2/c1-9-8-17(14(18)10-4-5-16-7-10)12-3-2-11(15)6-13(12)19-9/h2-3,6,9-10,16H,4-5,7-8H2,1H3. The molecule has 2 aliphatic heterocycles. The van der Waals surface area contributed by atoms with E-state index >= 15 is 0 Å². The molecular weight excluding hydrogens is 247 g/mol. The van der Waals surface area contributed by atoms with Gasteiger partial charge in [-0.1, -0.05) is 0 Å². The van der Waals surface area contributed by atoms with Crippen LogP contribution in [0.25, 0.3) is 0 Å². The summed E-state index contributed by atoms with van der Waals surface area (Å²) in [5.74, 6) is 0.233. The molecule has 5 heteroatoms. The van der Waals surface area contributed by atoms with E-state index in [0.29, 0.717) is 18.0 Å². The molecular formula is C14H17FN2O2. The van der Waals surface area contributed by atoms with Gasteiger partial charge in [0.25, 0.3) is 0 Å². The molecule has 102 valence electrons. The molecule has 2 aliphatic rings. The number of ether oxygens (including phenoxy) is 1. The first-order valence-electron chi connectivity index (χ1n) is 6.63. The normalized spacial score (nSPS) is 25.9. The first kappa shape index (κ1) is 12.4. The fourth-order valence-electron chi connectivity index (χ4n) is 2.71. The SMILES string of the molecule is CC1CN(C(=O)C2CCNC2)c2ccc(F)cc2O1. The number of halogens is 1. The predicted molar refractivity (Wildman–Crippen MR) is 69.8 cm³/mol. The highest BCUT2D eigenvalue weighted by Crippen LogP contribution is 2.35. The van der Waals surface area contributed by atoms with Crippen LogP contribution in [0.1, 0.15) is 13.3 Å². The van der Waals surface area contributed by atoms with Gasteiger partial charge in [-0.3, -0.25) is 4.79 Å². The monoisotopic (exact) mass is 264 g/mol. The zero-order valence-electron chi connectivity index (χ0n) is 10.9. The summed E-state index contributed by atoms with van der Waals surface area (Å²) in [6.45, 7) is 4.02. The van der Waals surface area contributed by atoms with E-state index in [2.05, 4.69) is 5.32 Å². The van der Waals surface area contributed by atoms with Crippen molar-refractivity contribution < 1.29 is 13.9 Å². The Kier molecular flexibility index (Phi) is 3.14. The molecule has 2 heterocycles. The quantitative estimate of drug-likeness (QED) is 0.836. The number of hydrogen-bond acceptors (Lipinski definition) is 3. The summed E-state index contributed by atoms with van der Waals surface area (Å²) in [5, 5.41) is 3.20. The van der Waals surface area contributed by atoms with Crippen molar-refractivity contribution in [1.82, 2.24) is 5.32 Å². The van der Waals surface area contributed by atoms with Crippen LogP contribution in [0.4, 0.5) is 10.1 Å². The van der Waals surface area contributed by atoms with E-state index in [4.69, 9.17) is 4.74 Å². The number of fused-ring (bicyclic) bond motifs is 1. The van der Waals surface area contributed by atoms with Crippen molar-refractivity contribution in [3.8, 4) is 5.75 Å². The maximum absolute atomic E-state index is 13.3. The van der Waals surface area contributed by atoms with Crippen molar-refractivity contribution in [1.29, 1.82) is 0 Å². The number of carbonyl (C=O) groups excluding carboxylic acids is 1. The third-order valence-corrected chi connectivity index (χ3v) is 3.66. The lowest BCUT2D eigenvalue weighted by Gasteiger charge is -2.34. The van der Waals surface area contributed by atoms with E-state index in [-0.39, 0.29) is 23.7 Å². The van der Waals surface area contributed by atoms with Crippen LogP contribution < -0.4 is 15.0 Å². The zero-order chi connectivity index (χ0) is 13.4. The van der Waals surface area contributed by atoms with Crippen molar-refractivity contribution in [2.75, 3.05) is 24.5 Å². The van der Waals surface area contributed by atoms with Gasteiger partial charge in [0.2, 0.25) is 5.91 Å². The largest absolute Gasteiger partial charge is 0.487 e. The lowest BCUT2D eigenvalue weighted by atomic mass is 10.1. The van der Waals surface area contributed by atoms with Gasteiger partial charge >= 0.3 is 0 Å². The van der Waals surface area contributed by atoms with E-state index in [1.807, 2.05) is 6.92 Å². The molecule has 19 heavy (non-hydrogen) atoms. The molecule has 2 unspecified atom stereocenters. The maximum atomic E-state index is 13.3. The smallest absolute Gasteiger partial charge is 0.231 e. The Morgan fingerprint density at radius 3 is 3.11 bits per heavy atom. The van der Waals surface area contributed by atoms with Crippen molar-refractivity contribution in [2.45, 2.75) is 19.4 Å². The van der Waals surface area contributed by atoms with Crippen molar-refractivity contribution in [3.63, 3.8) is 0 Å². The van der Waals surface area contributed by atoms with E-state index in [1.165, 1.54) is 12.1 Å². The van der Waals surface area contributed by atoms with Crippen LogP contribution in [0, 0.1) is 11.7 Å². The summed E-state index contributed by atoms with van der Waals surface area (Å²) in [6, 6.07) is 4.33. The number of rotatable bonds is 1. The van der Waals surface area contributed by atoms with Gasteiger partial charge in [0.05, 0.1) is 18.2 Å². The molecule has 4 nitrogen and oxygen atoms in total. The van der Waals surface area contributed by atoms with Crippen LogP contribution in [-0.4, -0.2) is 31.6 Å². The fourth-order valence-corrected chi connectivity index (χ4v) is 2.71. The van der Waals surface area contributed by atoms with Gasteiger partial charge in [0.1, 0.15) is 17.7 Å². The number of nitrogens with zero attached hydrogens (tertiary/aromatic N) is 1. The molecule has 1 fully saturated rings. The minimum atomic E-state index is -0.345. The Hall–Kier alpha value is -1.62. The lowest BCUT2D eigenvalue weighted by molar-refractivity contribution is -0.122. The van der Waals surface area contributed by atoms with Gasteiger partial charge in [-0.2, -0.15) is 0 Å². The second kappa shape index (κ2) is 4.81. The minimum absolute atomic E-state index is 0.0169. The van der Waals surface area contributed by atoms with Gasteiger partial charge in [0, 0.05) is 12.6 Å². The lowest BCUT2D eigenvalue weighted by Crippen LogP contribution is -2.45. The van der Waals surface area contributed by atoms with E-state index in [9.17, 15) is 9.18 Å². The van der Waals surface area contributed by atoms with Crippen molar-refractivity contribution in [3.05, 3.63) is 24.0 Å². The van der Waals surface area contributed by atoms with Gasteiger partial charge < -0.3 is 15.0 Å². The zero-order valence-corrected chi connectivity index (χ0v) is 10.9. The van der Waals surface area contributed by atoms with Gasteiger partial charge in [0.15, 0.2) is 0 Å². The van der Waals surface area contributed by atoms with Crippen LogP contribution >= 0.6 is 0 Å². The Morgan fingerprint density at radius 2 is 2.37 bits per heavy atom. The van der Waals surface area contributed by atoms with Crippen LogP contribution in [0.3, 0.4) is 0 Å². The number of anilines is 1. The van der Waals surface area contributed by atoms with Crippen LogP contribution in [0.15, 0.2) is 18.2 Å². The van der Waals surface area contributed by atoms with Crippen LogP contribution in [-0.2, 0) is 4.79 Å². The summed E-state index contributed by atoms with van der Waals surface area (Å²) in [7, 11) is 0. The highest BCUT2D eigenvalue weighted by molar-refractivity contribution is 5.97. The van der Waals surface area contributed by atoms with Gasteiger partial charge in [-0.15, -0.1) is 0 Å². The first-order chi connectivity index (χ1) is 9.15. The van der Waals surface area contributed by atoms with Crippen LogP contribution in [0.2, 0.25) is 0 Å². The summed E-state index contributed by atoms with van der Waals surface area (Å²) in [6.07, 6.45) is 0.744. The molecule has 0 saturated carbocycles. The minimum Gasteiger partial charge on any atom is -0.487 e. The van der Waals surface area contributed by atoms with Crippen molar-refractivity contribution >= 4 is 11.6 Å². The number of hydrogen-bond donors (Lipinski definition) is 1. The second-order valence-electron chi connectivity index (χ2n) is 5.18. The average Bonchev–Trinajstić information content (AvgIpc) is 2.90. The molecule has 0 radical (unpaired) electrons. The predicted octanol–water partition coefficient (Wildman–Crippen LogP) is 1.55. The number of benzene rings is 1. The summed E-state index contributed by atoms with van der Waals surface area (Å²) in [4.78, 5) is 14.3. The van der Waals surface area contributed by atoms with Gasteiger partial charge in [-0.05, 0) is 32.0 Å². The molecule has 2 atom stereocenters. The molecule has 1 amide bonds.